The summed E-state index contributed by atoms with van der Waals surface area (Å²) in [6.07, 6.45) is 0.896. The van der Waals surface area contributed by atoms with Crippen LogP contribution in [0.15, 0.2) is 30.8 Å². The molecule has 0 aliphatic heterocycles. The largest absolute Gasteiger partial charge is 0.469 e. The Balaban J connectivity index is 2.53. The Kier molecular flexibility index (Phi) is 5.91. The Hall–Kier alpha value is -1.66. The normalized spacial score (nSPS) is 10.9. The number of amides is 1. The standard InChI is InChI=1S/C12H16NO6P/c1-3-10-6-4-5-7-11(10)19-12(14)13(2)8-9-18-20(15,16)17/h3-7H,1,8-9H2,2H3,(H2,15,16,17). The van der Waals surface area contributed by atoms with Crippen LogP contribution in [0, 0.1) is 0 Å². The van der Waals surface area contributed by atoms with E-state index in [1.54, 1.807) is 30.3 Å². The van der Waals surface area contributed by atoms with E-state index in [0.717, 1.165) is 4.90 Å². The molecule has 1 rings (SSSR count). The Morgan fingerprint density at radius 3 is 2.70 bits per heavy atom. The summed E-state index contributed by atoms with van der Waals surface area (Å²) in [4.78, 5) is 29.9. The van der Waals surface area contributed by atoms with Crippen molar-refractivity contribution in [3.63, 3.8) is 0 Å². The van der Waals surface area contributed by atoms with Crippen LogP contribution in [0.3, 0.4) is 0 Å². The number of hydrogen-bond acceptors (Lipinski definition) is 4. The number of rotatable bonds is 6. The van der Waals surface area contributed by atoms with Crippen LogP contribution in [0.1, 0.15) is 5.56 Å². The van der Waals surface area contributed by atoms with Gasteiger partial charge in [0.1, 0.15) is 5.75 Å². The fourth-order valence-corrected chi connectivity index (χ4v) is 1.62. The second-order valence-electron chi connectivity index (χ2n) is 3.86. The van der Waals surface area contributed by atoms with Gasteiger partial charge in [0.25, 0.3) is 0 Å². The predicted octanol–water partition coefficient (Wildman–Crippen LogP) is 1.87. The van der Waals surface area contributed by atoms with Gasteiger partial charge in [-0.2, -0.15) is 0 Å². The molecule has 1 aromatic rings. The van der Waals surface area contributed by atoms with Gasteiger partial charge >= 0.3 is 13.9 Å². The minimum atomic E-state index is -4.52. The molecule has 0 spiro atoms. The SMILES string of the molecule is C=Cc1ccccc1OC(=O)N(C)CCOP(=O)(O)O. The van der Waals surface area contributed by atoms with Crippen molar-refractivity contribution >= 4 is 20.0 Å². The summed E-state index contributed by atoms with van der Waals surface area (Å²) < 4.78 is 19.9. The van der Waals surface area contributed by atoms with Gasteiger partial charge in [0.15, 0.2) is 0 Å². The lowest BCUT2D eigenvalue weighted by molar-refractivity contribution is 0.142. The molecule has 2 N–H and O–H groups in total. The van der Waals surface area contributed by atoms with Crippen molar-refractivity contribution in [2.24, 2.45) is 0 Å². The molecule has 8 heteroatoms. The molecule has 0 aromatic heterocycles. The number of phosphoric acid groups is 1. The highest BCUT2D eigenvalue weighted by molar-refractivity contribution is 7.46. The van der Waals surface area contributed by atoms with E-state index < -0.39 is 13.9 Å². The van der Waals surface area contributed by atoms with Crippen molar-refractivity contribution in [1.82, 2.24) is 4.90 Å². The summed E-state index contributed by atoms with van der Waals surface area (Å²) in [5.74, 6) is 0.357. The maximum atomic E-state index is 11.8. The summed E-state index contributed by atoms with van der Waals surface area (Å²) in [6.45, 7) is 3.30. The van der Waals surface area contributed by atoms with E-state index in [4.69, 9.17) is 14.5 Å². The monoisotopic (exact) mass is 301 g/mol. The van der Waals surface area contributed by atoms with Crippen molar-refractivity contribution in [3.05, 3.63) is 36.4 Å². The number of carbonyl (C=O) groups excluding carboxylic acids is 1. The first-order chi connectivity index (χ1) is 9.33. The van der Waals surface area contributed by atoms with E-state index in [9.17, 15) is 9.36 Å². The Labute approximate surface area is 116 Å². The lowest BCUT2D eigenvalue weighted by atomic mass is 10.2. The number of phosphoric ester groups is 1. The molecule has 0 unspecified atom stereocenters. The second-order valence-corrected chi connectivity index (χ2v) is 5.09. The Bertz CT molecular complexity index is 526. The topological polar surface area (TPSA) is 96.3 Å². The first-order valence-electron chi connectivity index (χ1n) is 5.68. The lowest BCUT2D eigenvalue weighted by Gasteiger charge is -2.17. The third-order valence-electron chi connectivity index (χ3n) is 2.33. The molecule has 0 heterocycles. The number of ether oxygens (including phenoxy) is 1. The van der Waals surface area contributed by atoms with Crippen molar-refractivity contribution in [3.8, 4) is 5.75 Å². The Morgan fingerprint density at radius 1 is 1.45 bits per heavy atom. The van der Waals surface area contributed by atoms with Gasteiger partial charge in [-0.15, -0.1) is 0 Å². The van der Waals surface area contributed by atoms with E-state index in [2.05, 4.69) is 11.1 Å². The summed E-state index contributed by atoms with van der Waals surface area (Å²) >= 11 is 0. The molecule has 0 aliphatic carbocycles. The van der Waals surface area contributed by atoms with Crippen molar-refractivity contribution in [1.29, 1.82) is 0 Å². The number of hydrogen-bond donors (Lipinski definition) is 2. The van der Waals surface area contributed by atoms with Crippen LogP contribution >= 0.6 is 7.82 Å². The minimum Gasteiger partial charge on any atom is -0.410 e. The molecule has 20 heavy (non-hydrogen) atoms. The number of benzene rings is 1. The van der Waals surface area contributed by atoms with Crippen LogP contribution in [0.25, 0.3) is 6.08 Å². The van der Waals surface area contributed by atoms with Crippen molar-refractivity contribution < 1.29 is 28.4 Å². The lowest BCUT2D eigenvalue weighted by Crippen LogP contribution is -2.32. The second kappa shape index (κ2) is 7.21. The highest BCUT2D eigenvalue weighted by Gasteiger charge is 2.16. The van der Waals surface area contributed by atoms with Gasteiger partial charge < -0.3 is 19.4 Å². The average molecular weight is 301 g/mol. The zero-order valence-electron chi connectivity index (χ0n) is 10.9. The van der Waals surface area contributed by atoms with Gasteiger partial charge in [0.2, 0.25) is 0 Å². The molecule has 1 aromatic carbocycles. The van der Waals surface area contributed by atoms with Crippen LogP contribution in [0.4, 0.5) is 4.79 Å². The molecule has 0 aliphatic rings. The first kappa shape index (κ1) is 16.4. The molecule has 110 valence electrons. The number of carbonyl (C=O) groups is 1. The number of nitrogens with zero attached hydrogens (tertiary/aromatic N) is 1. The van der Waals surface area contributed by atoms with Gasteiger partial charge in [0, 0.05) is 19.2 Å². The van der Waals surface area contributed by atoms with Gasteiger partial charge in [0.05, 0.1) is 6.61 Å². The van der Waals surface area contributed by atoms with Gasteiger partial charge in [-0.1, -0.05) is 30.9 Å². The van der Waals surface area contributed by atoms with Crippen molar-refractivity contribution in [2.45, 2.75) is 0 Å². The molecule has 0 fully saturated rings. The van der Waals surface area contributed by atoms with Gasteiger partial charge in [-0.25, -0.2) is 9.36 Å². The first-order valence-corrected chi connectivity index (χ1v) is 7.21. The summed E-state index contributed by atoms with van der Waals surface area (Å²) in [6, 6.07) is 6.86. The molecule has 0 saturated heterocycles. The summed E-state index contributed by atoms with van der Waals surface area (Å²) in [7, 11) is -3.09. The van der Waals surface area contributed by atoms with E-state index in [1.807, 2.05) is 0 Å². The van der Waals surface area contributed by atoms with E-state index >= 15 is 0 Å². The van der Waals surface area contributed by atoms with Crippen LogP contribution in [0.2, 0.25) is 0 Å². The molecule has 7 nitrogen and oxygen atoms in total. The van der Waals surface area contributed by atoms with Crippen LogP contribution in [0.5, 0.6) is 5.75 Å². The molecular weight excluding hydrogens is 285 g/mol. The van der Waals surface area contributed by atoms with Crippen LogP contribution in [-0.4, -0.2) is 41.0 Å². The Morgan fingerprint density at radius 2 is 2.10 bits per heavy atom. The zero-order valence-corrected chi connectivity index (χ0v) is 11.8. The summed E-state index contributed by atoms with van der Waals surface area (Å²) in [5.41, 5.74) is 0.667. The van der Waals surface area contributed by atoms with Gasteiger partial charge in [-0.3, -0.25) is 4.52 Å². The van der Waals surface area contributed by atoms with Crippen LogP contribution in [-0.2, 0) is 9.09 Å². The van der Waals surface area contributed by atoms with E-state index in [-0.39, 0.29) is 13.2 Å². The third-order valence-corrected chi connectivity index (χ3v) is 2.85. The quantitative estimate of drug-likeness (QED) is 0.779. The van der Waals surface area contributed by atoms with Crippen LogP contribution < -0.4 is 4.74 Å². The maximum Gasteiger partial charge on any atom is 0.469 e. The number of likely N-dealkylation sites (N-methyl/N-ethyl adjacent to an activating group) is 1. The molecule has 0 atom stereocenters. The average Bonchev–Trinajstić information content (AvgIpc) is 2.37. The van der Waals surface area contributed by atoms with E-state index in [0.29, 0.717) is 11.3 Å². The fraction of sp³-hybridized carbons (Fsp3) is 0.250. The zero-order chi connectivity index (χ0) is 15.2. The van der Waals surface area contributed by atoms with Crippen molar-refractivity contribution in [2.75, 3.05) is 20.2 Å². The molecule has 0 saturated carbocycles. The fourth-order valence-electron chi connectivity index (χ4n) is 1.30. The van der Waals surface area contributed by atoms with Gasteiger partial charge in [-0.05, 0) is 6.07 Å². The molecular formula is C12H16NO6P. The maximum absolute atomic E-state index is 11.8. The highest BCUT2D eigenvalue weighted by Crippen LogP contribution is 2.35. The smallest absolute Gasteiger partial charge is 0.410 e. The summed E-state index contributed by atoms with van der Waals surface area (Å²) in [5, 5.41) is 0. The molecule has 0 bridgehead atoms. The minimum absolute atomic E-state index is 0.0137. The number of para-hydroxylation sites is 1. The third kappa shape index (κ3) is 5.54. The highest BCUT2D eigenvalue weighted by atomic mass is 31.2. The predicted molar refractivity (Wildman–Crippen MR) is 73.2 cm³/mol. The molecule has 1 amide bonds. The molecule has 0 radical (unpaired) electrons. The van der Waals surface area contributed by atoms with E-state index in [1.165, 1.54) is 7.05 Å².